The molecule has 3 nitrogen and oxygen atoms in total. The highest BCUT2D eigenvalue weighted by Gasteiger charge is 2.19. The summed E-state index contributed by atoms with van der Waals surface area (Å²) in [5.41, 5.74) is 6.13. The molecule has 1 aromatic carbocycles. The van der Waals surface area contributed by atoms with Crippen LogP contribution in [-0.2, 0) is 4.79 Å². The van der Waals surface area contributed by atoms with Gasteiger partial charge in [0, 0.05) is 10.9 Å². The number of nitrogens with one attached hydrogen (secondary N) is 1. The van der Waals surface area contributed by atoms with Crippen LogP contribution in [0.15, 0.2) is 18.2 Å². The Morgan fingerprint density at radius 3 is 2.53 bits per heavy atom. The Hall–Kier alpha value is -1.23. The standard InChI is InChI=1S/C14H21FN2OS/c1-8(2)9(3)19-10(4)14(18)17-13-7-11(16)5-6-12(13)15/h5-10H,16H2,1-4H3,(H,17,18). The lowest BCUT2D eigenvalue weighted by atomic mass is 10.2. The van der Waals surface area contributed by atoms with E-state index in [0.717, 1.165) is 0 Å². The third-order valence-electron chi connectivity index (χ3n) is 2.98. The molecule has 1 amide bonds. The molecule has 5 heteroatoms. The summed E-state index contributed by atoms with van der Waals surface area (Å²) in [5, 5.41) is 2.71. The molecule has 0 saturated carbocycles. The molecule has 2 unspecified atom stereocenters. The van der Waals surface area contributed by atoms with Gasteiger partial charge in [-0.25, -0.2) is 4.39 Å². The topological polar surface area (TPSA) is 55.1 Å². The quantitative estimate of drug-likeness (QED) is 0.813. The summed E-state index contributed by atoms with van der Waals surface area (Å²) in [5.74, 6) is -0.192. The average molecular weight is 284 g/mol. The molecule has 1 rings (SSSR count). The zero-order valence-electron chi connectivity index (χ0n) is 11.7. The first-order valence-corrected chi connectivity index (χ1v) is 7.27. The molecule has 0 bridgehead atoms. The van der Waals surface area contributed by atoms with Crippen LogP contribution in [0.1, 0.15) is 27.7 Å². The van der Waals surface area contributed by atoms with Crippen molar-refractivity contribution in [3.8, 4) is 0 Å². The van der Waals surface area contributed by atoms with Crippen molar-refractivity contribution >= 4 is 29.0 Å². The van der Waals surface area contributed by atoms with Gasteiger partial charge < -0.3 is 11.1 Å². The van der Waals surface area contributed by atoms with Gasteiger partial charge in [-0.3, -0.25) is 4.79 Å². The lowest BCUT2D eigenvalue weighted by molar-refractivity contribution is -0.115. The first-order valence-electron chi connectivity index (χ1n) is 6.32. The molecule has 1 aromatic rings. The molecule has 19 heavy (non-hydrogen) atoms. The van der Waals surface area contributed by atoms with Gasteiger partial charge in [-0.05, 0) is 31.0 Å². The summed E-state index contributed by atoms with van der Waals surface area (Å²) >= 11 is 1.58. The second-order valence-electron chi connectivity index (χ2n) is 4.96. The fraction of sp³-hybridized carbons (Fsp3) is 0.500. The lowest BCUT2D eigenvalue weighted by Gasteiger charge is -2.19. The molecule has 0 saturated heterocycles. The lowest BCUT2D eigenvalue weighted by Crippen LogP contribution is -2.25. The van der Waals surface area contributed by atoms with Crippen molar-refractivity contribution < 1.29 is 9.18 Å². The number of carbonyl (C=O) groups excluding carboxylic acids is 1. The molecule has 3 N–H and O–H groups in total. The van der Waals surface area contributed by atoms with E-state index in [-0.39, 0.29) is 16.8 Å². The highest BCUT2D eigenvalue weighted by atomic mass is 32.2. The van der Waals surface area contributed by atoms with Crippen molar-refractivity contribution in [2.75, 3.05) is 11.1 Å². The first-order chi connectivity index (χ1) is 8.81. The zero-order chi connectivity index (χ0) is 14.6. The average Bonchev–Trinajstić information content (AvgIpc) is 2.33. The predicted octanol–water partition coefficient (Wildman–Crippen LogP) is 3.51. The number of nitrogen functional groups attached to an aromatic ring is 1. The Morgan fingerprint density at radius 2 is 1.95 bits per heavy atom. The molecular formula is C14H21FN2OS. The van der Waals surface area contributed by atoms with E-state index < -0.39 is 5.82 Å². The van der Waals surface area contributed by atoms with Crippen LogP contribution in [0.25, 0.3) is 0 Å². The van der Waals surface area contributed by atoms with E-state index >= 15 is 0 Å². The maximum absolute atomic E-state index is 13.5. The molecule has 0 heterocycles. The summed E-state index contributed by atoms with van der Waals surface area (Å²) in [6.45, 7) is 8.13. The van der Waals surface area contributed by atoms with Gasteiger partial charge in [-0.15, -0.1) is 11.8 Å². The maximum atomic E-state index is 13.5. The summed E-state index contributed by atoms with van der Waals surface area (Å²) in [6, 6.07) is 4.14. The molecular weight excluding hydrogens is 263 g/mol. The minimum atomic E-state index is -0.475. The van der Waals surface area contributed by atoms with E-state index in [0.29, 0.717) is 16.9 Å². The summed E-state index contributed by atoms with van der Waals surface area (Å²) < 4.78 is 13.5. The number of rotatable bonds is 5. The zero-order valence-corrected chi connectivity index (χ0v) is 12.6. The maximum Gasteiger partial charge on any atom is 0.237 e. The number of thioether (sulfide) groups is 1. The van der Waals surface area contributed by atoms with Gasteiger partial charge in [-0.2, -0.15) is 0 Å². The van der Waals surface area contributed by atoms with Gasteiger partial charge in [-0.1, -0.05) is 20.8 Å². The minimum absolute atomic E-state index is 0.134. The van der Waals surface area contributed by atoms with Crippen molar-refractivity contribution in [1.82, 2.24) is 0 Å². The fourth-order valence-corrected chi connectivity index (χ4v) is 2.55. The molecule has 0 aliphatic carbocycles. The minimum Gasteiger partial charge on any atom is -0.399 e. The third kappa shape index (κ3) is 4.74. The highest BCUT2D eigenvalue weighted by Crippen LogP contribution is 2.25. The van der Waals surface area contributed by atoms with Crippen LogP contribution < -0.4 is 11.1 Å². The van der Waals surface area contributed by atoms with Crippen molar-refractivity contribution in [3.63, 3.8) is 0 Å². The van der Waals surface area contributed by atoms with Crippen LogP contribution in [-0.4, -0.2) is 16.4 Å². The Balaban J connectivity index is 2.66. The van der Waals surface area contributed by atoms with E-state index in [1.165, 1.54) is 18.2 Å². The van der Waals surface area contributed by atoms with Crippen LogP contribution in [0, 0.1) is 11.7 Å². The van der Waals surface area contributed by atoms with Gasteiger partial charge in [0.15, 0.2) is 0 Å². The van der Waals surface area contributed by atoms with E-state index in [1.54, 1.807) is 11.8 Å². The number of hydrogen-bond acceptors (Lipinski definition) is 3. The van der Waals surface area contributed by atoms with Crippen LogP contribution >= 0.6 is 11.8 Å². The van der Waals surface area contributed by atoms with Crippen LogP contribution in [0.2, 0.25) is 0 Å². The van der Waals surface area contributed by atoms with Crippen molar-refractivity contribution in [2.45, 2.75) is 38.2 Å². The molecule has 106 valence electrons. The Bertz CT molecular complexity index is 451. The molecule has 0 spiro atoms. The fourth-order valence-electron chi connectivity index (χ4n) is 1.41. The molecule has 0 aliphatic heterocycles. The van der Waals surface area contributed by atoms with Gasteiger partial charge >= 0.3 is 0 Å². The van der Waals surface area contributed by atoms with E-state index in [4.69, 9.17) is 5.73 Å². The predicted molar refractivity (Wildman–Crippen MR) is 80.8 cm³/mol. The summed E-state index contributed by atoms with van der Waals surface area (Å²) in [6.07, 6.45) is 0. The number of hydrogen-bond donors (Lipinski definition) is 2. The highest BCUT2D eigenvalue weighted by molar-refractivity contribution is 8.01. The SMILES string of the molecule is CC(SC(C)C(C)C)C(=O)Nc1cc(N)ccc1F. The van der Waals surface area contributed by atoms with Crippen LogP contribution in [0.4, 0.5) is 15.8 Å². The van der Waals surface area contributed by atoms with Gasteiger partial charge in [0.1, 0.15) is 5.82 Å². The van der Waals surface area contributed by atoms with Gasteiger partial charge in [0.25, 0.3) is 0 Å². The Labute approximate surface area is 118 Å². The largest absolute Gasteiger partial charge is 0.399 e. The number of carbonyl (C=O) groups is 1. The first kappa shape index (κ1) is 15.8. The van der Waals surface area contributed by atoms with Gasteiger partial charge in [0.2, 0.25) is 5.91 Å². The third-order valence-corrected chi connectivity index (χ3v) is 4.57. The Morgan fingerprint density at radius 1 is 1.32 bits per heavy atom. The number of anilines is 2. The number of benzene rings is 1. The van der Waals surface area contributed by atoms with Crippen LogP contribution in [0.5, 0.6) is 0 Å². The monoisotopic (exact) mass is 284 g/mol. The number of amides is 1. The second-order valence-corrected chi connectivity index (χ2v) is 6.68. The number of halogens is 1. The summed E-state index contributed by atoms with van der Waals surface area (Å²) in [7, 11) is 0. The second kappa shape index (κ2) is 6.80. The molecule has 0 aliphatic rings. The van der Waals surface area contributed by atoms with Crippen molar-refractivity contribution in [1.29, 1.82) is 0 Å². The van der Waals surface area contributed by atoms with Crippen LogP contribution in [0.3, 0.4) is 0 Å². The summed E-state index contributed by atoms with van der Waals surface area (Å²) in [4.78, 5) is 12.0. The smallest absolute Gasteiger partial charge is 0.237 e. The van der Waals surface area contributed by atoms with Crippen molar-refractivity contribution in [2.24, 2.45) is 5.92 Å². The number of nitrogens with two attached hydrogens (primary N) is 1. The molecule has 0 radical (unpaired) electrons. The normalized spacial score (nSPS) is 14.2. The molecule has 0 fully saturated rings. The molecule has 2 atom stereocenters. The Kier molecular flexibility index (Phi) is 5.66. The van der Waals surface area contributed by atoms with E-state index in [1.807, 2.05) is 6.92 Å². The molecule has 0 aromatic heterocycles. The van der Waals surface area contributed by atoms with Gasteiger partial charge in [0.05, 0.1) is 10.9 Å². The van der Waals surface area contributed by atoms with E-state index in [2.05, 4.69) is 26.1 Å². The van der Waals surface area contributed by atoms with E-state index in [9.17, 15) is 9.18 Å². The van der Waals surface area contributed by atoms with Crippen molar-refractivity contribution in [3.05, 3.63) is 24.0 Å².